The normalized spacial score (nSPS) is 34.8. The zero-order valence-electron chi connectivity index (χ0n) is 20.0. The number of hydrogen-bond donors (Lipinski definition) is 1. The molecule has 2 saturated heterocycles. The number of fused-ring (bicyclic) bond motifs is 2. The molecule has 8 heteroatoms. The van der Waals surface area contributed by atoms with Crippen molar-refractivity contribution in [2.24, 2.45) is 11.8 Å². The Bertz CT molecular complexity index is 1110. The van der Waals surface area contributed by atoms with E-state index in [1.165, 1.54) is 4.90 Å². The van der Waals surface area contributed by atoms with Gasteiger partial charge in [0.1, 0.15) is 11.6 Å². The molecule has 5 rings (SSSR count). The summed E-state index contributed by atoms with van der Waals surface area (Å²) in [6.07, 6.45) is 7.44. The van der Waals surface area contributed by atoms with Gasteiger partial charge in [0.25, 0.3) is 5.91 Å². The molecular formula is C26H31N3O5. The molecule has 4 aliphatic heterocycles. The molecule has 0 aromatic heterocycles. The molecule has 8 nitrogen and oxygen atoms in total. The number of aryl methyl sites for hydroxylation is 2. The molecule has 1 aromatic rings. The van der Waals surface area contributed by atoms with Crippen molar-refractivity contribution < 1.29 is 24.2 Å². The fourth-order valence-electron chi connectivity index (χ4n) is 6.42. The number of para-hydroxylation sites is 1. The second-order valence-electron chi connectivity index (χ2n) is 9.97. The third kappa shape index (κ3) is 2.94. The number of ether oxygens (including phenoxy) is 1. The molecule has 2 fully saturated rings. The van der Waals surface area contributed by atoms with E-state index in [1.54, 1.807) is 16.8 Å². The number of anilines is 1. The lowest BCUT2D eigenvalue weighted by molar-refractivity contribution is -0.148. The first-order chi connectivity index (χ1) is 16.2. The number of benzene rings is 1. The van der Waals surface area contributed by atoms with Crippen LogP contribution in [-0.2, 0) is 19.1 Å². The summed E-state index contributed by atoms with van der Waals surface area (Å²) in [5.41, 5.74) is 0.396. The third-order valence-corrected chi connectivity index (χ3v) is 7.81. The zero-order valence-corrected chi connectivity index (χ0v) is 20.0. The summed E-state index contributed by atoms with van der Waals surface area (Å²) in [6, 6.07) is 4.88. The number of amides is 3. The Hall–Kier alpha value is -2.97. The second kappa shape index (κ2) is 7.78. The molecular weight excluding hydrogens is 434 g/mol. The van der Waals surface area contributed by atoms with Gasteiger partial charge >= 0.3 is 0 Å². The Labute approximate surface area is 199 Å². The highest BCUT2D eigenvalue weighted by Gasteiger charge is 2.74. The van der Waals surface area contributed by atoms with Gasteiger partial charge in [0.15, 0.2) is 0 Å². The maximum absolute atomic E-state index is 14.2. The summed E-state index contributed by atoms with van der Waals surface area (Å²) in [5.74, 6) is -2.39. The molecule has 0 bridgehead atoms. The average Bonchev–Trinajstić information content (AvgIpc) is 3.05. The maximum atomic E-state index is 14.2. The number of nitrogens with zero attached hydrogens (tertiary/aromatic N) is 3. The number of aliphatic hydroxyl groups is 1. The minimum Gasteiger partial charge on any atom is -0.395 e. The molecule has 0 radical (unpaired) electrons. The van der Waals surface area contributed by atoms with Crippen LogP contribution in [0.1, 0.15) is 18.1 Å². The number of hydrogen-bond acceptors (Lipinski definition) is 5. The van der Waals surface area contributed by atoms with Crippen LogP contribution in [0.2, 0.25) is 0 Å². The molecule has 3 amide bonds. The van der Waals surface area contributed by atoms with E-state index >= 15 is 0 Å². The minimum absolute atomic E-state index is 0.00537. The van der Waals surface area contributed by atoms with Crippen molar-refractivity contribution in [3.05, 3.63) is 53.6 Å². The van der Waals surface area contributed by atoms with E-state index in [-0.39, 0.29) is 30.9 Å². The lowest BCUT2D eigenvalue weighted by Gasteiger charge is -2.37. The fourth-order valence-corrected chi connectivity index (χ4v) is 6.42. The van der Waals surface area contributed by atoms with Crippen LogP contribution in [0.5, 0.6) is 0 Å². The van der Waals surface area contributed by atoms with Gasteiger partial charge in [0.05, 0.1) is 24.0 Å². The van der Waals surface area contributed by atoms with Gasteiger partial charge in [0, 0.05) is 32.4 Å². The second-order valence-corrected chi connectivity index (χ2v) is 9.97. The molecule has 34 heavy (non-hydrogen) atoms. The van der Waals surface area contributed by atoms with Crippen LogP contribution in [-0.4, -0.2) is 83.2 Å². The van der Waals surface area contributed by atoms with Gasteiger partial charge in [-0.05, 0) is 31.9 Å². The highest BCUT2D eigenvalue weighted by Crippen LogP contribution is 2.57. The van der Waals surface area contributed by atoms with Crippen molar-refractivity contribution in [3.8, 4) is 0 Å². The number of carbonyl (C=O) groups is 3. The molecule has 4 heterocycles. The lowest BCUT2D eigenvalue weighted by Crippen LogP contribution is -2.56. The molecule has 180 valence electrons. The Kier molecular flexibility index (Phi) is 5.22. The Balaban J connectivity index is 1.68. The number of likely N-dealkylation sites (tertiary alicyclic amines) is 1. The largest absolute Gasteiger partial charge is 0.395 e. The maximum Gasteiger partial charge on any atom is 0.253 e. The van der Waals surface area contributed by atoms with Crippen LogP contribution in [0, 0.1) is 25.7 Å². The first-order valence-electron chi connectivity index (χ1n) is 11.8. The van der Waals surface area contributed by atoms with Gasteiger partial charge in [-0.3, -0.25) is 14.4 Å². The predicted molar refractivity (Wildman–Crippen MR) is 126 cm³/mol. The predicted octanol–water partition coefficient (Wildman–Crippen LogP) is 1.20. The van der Waals surface area contributed by atoms with Crippen molar-refractivity contribution in [3.63, 3.8) is 0 Å². The van der Waals surface area contributed by atoms with Crippen molar-refractivity contribution in [2.75, 3.05) is 38.2 Å². The summed E-state index contributed by atoms with van der Waals surface area (Å²) < 4.78 is 6.70. The molecule has 1 spiro atoms. The van der Waals surface area contributed by atoms with Crippen LogP contribution >= 0.6 is 0 Å². The Morgan fingerprint density at radius 2 is 1.68 bits per heavy atom. The number of likely N-dealkylation sites (N-methyl/N-ethyl adjacent to an activating group) is 1. The van der Waals surface area contributed by atoms with Crippen LogP contribution in [0.25, 0.3) is 0 Å². The smallest absolute Gasteiger partial charge is 0.253 e. The first kappa shape index (κ1) is 22.8. The summed E-state index contributed by atoms with van der Waals surface area (Å²) in [5, 5.41) is 9.78. The van der Waals surface area contributed by atoms with Crippen molar-refractivity contribution >= 4 is 23.4 Å². The summed E-state index contributed by atoms with van der Waals surface area (Å²) >= 11 is 0. The SMILES string of the molecule is Cc1cccc(C)c1N1CC=C[C@]23O[C@]4(C)C=CCN(C)C(=O)[C@@H]4[C@H]2C(=O)N(CCO)C3C1=O. The van der Waals surface area contributed by atoms with Crippen LogP contribution in [0.4, 0.5) is 5.69 Å². The van der Waals surface area contributed by atoms with Crippen molar-refractivity contribution in [1.29, 1.82) is 0 Å². The molecule has 0 saturated carbocycles. The van der Waals surface area contributed by atoms with Gasteiger partial charge in [-0.2, -0.15) is 0 Å². The Morgan fingerprint density at radius 3 is 2.35 bits per heavy atom. The monoisotopic (exact) mass is 465 g/mol. The fraction of sp³-hybridized carbons (Fsp3) is 0.500. The van der Waals surface area contributed by atoms with Crippen LogP contribution < -0.4 is 4.90 Å². The van der Waals surface area contributed by atoms with E-state index in [1.807, 2.05) is 63.3 Å². The van der Waals surface area contributed by atoms with Crippen molar-refractivity contribution in [2.45, 2.75) is 38.0 Å². The topological polar surface area (TPSA) is 90.4 Å². The molecule has 0 aliphatic carbocycles. The molecule has 1 aromatic carbocycles. The quantitative estimate of drug-likeness (QED) is 0.678. The van der Waals surface area contributed by atoms with Gasteiger partial charge < -0.3 is 24.5 Å². The van der Waals surface area contributed by atoms with Crippen LogP contribution in [0.15, 0.2) is 42.5 Å². The Morgan fingerprint density at radius 1 is 1.00 bits per heavy atom. The standard InChI is InChI=1S/C26H31N3O5/c1-16-8-5-9-17(2)20(16)28-13-7-11-26-19(23(32)29(14-15-30)21(26)24(28)33)18-22(31)27(4)12-6-10-25(18,3)34-26/h5-11,18-19,21,30H,12-15H2,1-4H3/t18-,19-,21?,25+,26-/m0/s1. The van der Waals surface area contributed by atoms with Gasteiger partial charge in [-0.25, -0.2) is 0 Å². The van der Waals surface area contributed by atoms with E-state index in [0.717, 1.165) is 16.8 Å². The van der Waals surface area contributed by atoms with Crippen molar-refractivity contribution in [1.82, 2.24) is 9.80 Å². The number of rotatable bonds is 3. The van der Waals surface area contributed by atoms with E-state index in [9.17, 15) is 19.5 Å². The van der Waals surface area contributed by atoms with Crippen LogP contribution in [0.3, 0.4) is 0 Å². The molecule has 1 N–H and O–H groups in total. The molecule has 1 unspecified atom stereocenters. The van der Waals surface area contributed by atoms with E-state index in [4.69, 9.17) is 4.74 Å². The first-order valence-corrected chi connectivity index (χ1v) is 11.8. The zero-order chi connectivity index (χ0) is 24.4. The van der Waals surface area contributed by atoms with E-state index in [2.05, 4.69) is 0 Å². The summed E-state index contributed by atoms with van der Waals surface area (Å²) in [7, 11) is 1.71. The van der Waals surface area contributed by atoms with E-state index in [0.29, 0.717) is 13.1 Å². The van der Waals surface area contributed by atoms with Gasteiger partial charge in [-0.15, -0.1) is 0 Å². The summed E-state index contributed by atoms with van der Waals surface area (Å²) in [6.45, 7) is 6.20. The molecule has 4 aliphatic rings. The highest BCUT2D eigenvalue weighted by molar-refractivity contribution is 6.06. The highest BCUT2D eigenvalue weighted by atomic mass is 16.5. The average molecular weight is 466 g/mol. The van der Waals surface area contributed by atoms with E-state index < -0.39 is 29.1 Å². The number of carbonyl (C=O) groups excluding carboxylic acids is 3. The minimum atomic E-state index is -1.30. The van der Waals surface area contributed by atoms with Gasteiger partial charge in [0.2, 0.25) is 11.8 Å². The third-order valence-electron chi connectivity index (χ3n) is 7.81. The number of aliphatic hydroxyl groups excluding tert-OH is 1. The van der Waals surface area contributed by atoms with Gasteiger partial charge in [-0.1, -0.05) is 42.5 Å². The molecule has 5 atom stereocenters. The summed E-state index contributed by atoms with van der Waals surface area (Å²) in [4.78, 5) is 46.3. The lowest BCUT2D eigenvalue weighted by atomic mass is 9.74. The number of β-amino-alcohol motifs (C(OH)–C–C–N with tert-alkyl or cyclic N) is 1.